The quantitative estimate of drug-likeness (QED) is 0.759. The number of benzene rings is 1. The van der Waals surface area contributed by atoms with Crippen molar-refractivity contribution in [1.82, 2.24) is 4.98 Å². The number of hydrogen-bond acceptors (Lipinski definition) is 6. The molecule has 154 valence electrons. The molecule has 0 amide bonds. The number of rotatable bonds is 5. The average molecular weight is 425 g/mol. The highest BCUT2D eigenvalue weighted by molar-refractivity contribution is 6.32. The monoisotopic (exact) mass is 424 g/mol. The van der Waals surface area contributed by atoms with Gasteiger partial charge in [-0.3, -0.25) is 5.01 Å². The first-order valence-electron chi connectivity index (χ1n) is 9.87. The molecule has 8 heteroatoms. The van der Waals surface area contributed by atoms with Gasteiger partial charge < -0.3 is 9.84 Å². The summed E-state index contributed by atoms with van der Waals surface area (Å²) in [7, 11) is 1.40. The zero-order valence-corrected chi connectivity index (χ0v) is 17.3. The number of nitriles is 1. The van der Waals surface area contributed by atoms with Gasteiger partial charge in [-0.1, -0.05) is 24.4 Å². The van der Waals surface area contributed by atoms with E-state index >= 15 is 0 Å². The minimum absolute atomic E-state index is 0.0166. The van der Waals surface area contributed by atoms with Crippen LogP contribution in [0.25, 0.3) is 0 Å². The highest BCUT2D eigenvalue weighted by atomic mass is 35.5. The van der Waals surface area contributed by atoms with Crippen LogP contribution in [0, 0.1) is 17.2 Å². The van der Waals surface area contributed by atoms with Crippen LogP contribution in [0.15, 0.2) is 35.4 Å². The Morgan fingerprint density at radius 2 is 2.07 bits per heavy atom. The number of carboxylic acids is 1. The molecule has 1 atom stereocenters. The number of carboxylic acid groups (broad SMARTS) is 1. The van der Waals surface area contributed by atoms with E-state index in [1.165, 1.54) is 26.0 Å². The number of ether oxygens (including phenoxy) is 1. The first kappa shape index (κ1) is 20.2. The zero-order valence-electron chi connectivity index (χ0n) is 16.5. The van der Waals surface area contributed by atoms with Crippen molar-refractivity contribution in [1.29, 1.82) is 5.26 Å². The summed E-state index contributed by atoms with van der Waals surface area (Å²) in [5, 5.41) is 25.7. The maximum absolute atomic E-state index is 11.4. The van der Waals surface area contributed by atoms with Gasteiger partial charge in [0.05, 0.1) is 40.8 Å². The molecule has 7 nitrogen and oxygen atoms in total. The van der Waals surface area contributed by atoms with Gasteiger partial charge in [0.25, 0.3) is 0 Å². The van der Waals surface area contributed by atoms with Gasteiger partial charge in [0.1, 0.15) is 11.6 Å². The van der Waals surface area contributed by atoms with Crippen LogP contribution in [0.4, 0.5) is 5.69 Å². The Bertz CT molecular complexity index is 1060. The number of halogens is 1. The summed E-state index contributed by atoms with van der Waals surface area (Å²) in [6.45, 7) is 0. The lowest BCUT2D eigenvalue weighted by atomic mass is 9.93. The van der Waals surface area contributed by atoms with Crippen molar-refractivity contribution in [2.75, 3.05) is 12.1 Å². The summed E-state index contributed by atoms with van der Waals surface area (Å²) in [6, 6.07) is 10.8. The Hall–Kier alpha value is -3.11. The average Bonchev–Trinajstić information content (AvgIpc) is 3.43. The number of carbonyl (C=O) groups is 1. The van der Waals surface area contributed by atoms with Crippen LogP contribution in [0.3, 0.4) is 0 Å². The number of pyridine rings is 1. The normalized spacial score (nSPS) is 18.9. The predicted octanol–water partition coefficient (Wildman–Crippen LogP) is 4.49. The molecule has 0 bridgehead atoms. The van der Waals surface area contributed by atoms with E-state index in [-0.39, 0.29) is 17.5 Å². The van der Waals surface area contributed by atoms with Crippen molar-refractivity contribution in [3.63, 3.8) is 0 Å². The Labute approximate surface area is 179 Å². The fraction of sp³-hybridized carbons (Fsp3) is 0.364. The van der Waals surface area contributed by atoms with Gasteiger partial charge in [0, 0.05) is 6.42 Å². The number of aromatic nitrogens is 1. The SMILES string of the molecule is COc1nc(C2=NN(c3ccc(C#N)c(Cl)c3)C(C3CCCC3)C2)ccc1C(=O)O. The van der Waals surface area contributed by atoms with E-state index in [2.05, 4.69) is 11.1 Å². The number of hydrogen-bond donors (Lipinski definition) is 1. The minimum atomic E-state index is -1.09. The molecule has 1 fully saturated rings. The highest BCUT2D eigenvalue weighted by Crippen LogP contribution is 2.39. The van der Waals surface area contributed by atoms with Crippen LogP contribution >= 0.6 is 11.6 Å². The first-order chi connectivity index (χ1) is 14.5. The van der Waals surface area contributed by atoms with Crippen LogP contribution in [0.1, 0.15) is 53.7 Å². The molecule has 2 heterocycles. The summed E-state index contributed by atoms with van der Waals surface area (Å²) < 4.78 is 5.18. The maximum Gasteiger partial charge on any atom is 0.341 e. The summed E-state index contributed by atoms with van der Waals surface area (Å²) in [5.41, 5.74) is 2.66. The standard InChI is InChI=1S/C22H21ClN4O3/c1-30-21-16(22(28)29)8-9-18(25-21)19-11-20(13-4-2-3-5-13)27(26-19)15-7-6-14(12-24)17(23)10-15/h6-10,13,20H,2-5,11H2,1H3,(H,28,29). The molecule has 1 N–H and O–H groups in total. The Morgan fingerprint density at radius 1 is 1.30 bits per heavy atom. The molecular weight excluding hydrogens is 404 g/mol. The summed E-state index contributed by atoms with van der Waals surface area (Å²) in [4.78, 5) is 15.8. The van der Waals surface area contributed by atoms with Crippen LogP contribution in [0.2, 0.25) is 5.02 Å². The molecule has 2 aliphatic rings. The summed E-state index contributed by atoms with van der Waals surface area (Å²) in [5.74, 6) is -0.516. The van der Waals surface area contributed by atoms with Crippen molar-refractivity contribution >= 4 is 29.0 Å². The molecule has 1 unspecified atom stereocenters. The molecule has 2 aromatic rings. The molecule has 1 saturated carbocycles. The second-order valence-corrected chi connectivity index (χ2v) is 7.95. The van der Waals surface area contributed by atoms with E-state index in [1.54, 1.807) is 18.2 Å². The third kappa shape index (κ3) is 3.71. The molecule has 30 heavy (non-hydrogen) atoms. The van der Waals surface area contributed by atoms with Gasteiger partial charge in [0.15, 0.2) is 0 Å². The first-order valence-corrected chi connectivity index (χ1v) is 10.2. The molecule has 4 rings (SSSR count). The molecule has 0 radical (unpaired) electrons. The number of aromatic carboxylic acids is 1. The van der Waals surface area contributed by atoms with Gasteiger partial charge in [-0.15, -0.1) is 0 Å². The van der Waals surface area contributed by atoms with Crippen LogP contribution < -0.4 is 9.75 Å². The smallest absolute Gasteiger partial charge is 0.341 e. The van der Waals surface area contributed by atoms with Crippen LogP contribution in [-0.2, 0) is 0 Å². The van der Waals surface area contributed by atoms with Crippen molar-refractivity contribution in [3.05, 3.63) is 52.2 Å². The fourth-order valence-corrected chi connectivity index (χ4v) is 4.52. The summed E-state index contributed by atoms with van der Waals surface area (Å²) >= 11 is 6.27. The van der Waals surface area contributed by atoms with E-state index in [0.717, 1.165) is 24.2 Å². The van der Waals surface area contributed by atoms with Crippen LogP contribution in [-0.4, -0.2) is 34.9 Å². The molecule has 1 aromatic carbocycles. The Balaban J connectivity index is 1.72. The van der Waals surface area contributed by atoms with Gasteiger partial charge in [0.2, 0.25) is 5.88 Å². The Morgan fingerprint density at radius 3 is 2.70 bits per heavy atom. The van der Waals surface area contributed by atoms with E-state index in [9.17, 15) is 9.90 Å². The lowest BCUT2D eigenvalue weighted by molar-refractivity contribution is 0.0692. The van der Waals surface area contributed by atoms with Crippen molar-refractivity contribution in [2.45, 2.75) is 38.1 Å². The third-order valence-corrected chi connectivity index (χ3v) is 6.12. The minimum Gasteiger partial charge on any atom is -0.480 e. The van der Waals surface area contributed by atoms with E-state index in [0.29, 0.717) is 28.6 Å². The lowest BCUT2D eigenvalue weighted by Gasteiger charge is -2.28. The van der Waals surface area contributed by atoms with Gasteiger partial charge >= 0.3 is 5.97 Å². The molecule has 0 spiro atoms. The van der Waals surface area contributed by atoms with Crippen molar-refractivity contribution < 1.29 is 14.6 Å². The fourth-order valence-electron chi connectivity index (χ4n) is 4.30. The van der Waals surface area contributed by atoms with Gasteiger partial charge in [-0.2, -0.15) is 10.4 Å². The second-order valence-electron chi connectivity index (χ2n) is 7.54. The van der Waals surface area contributed by atoms with Gasteiger partial charge in [-0.05, 0) is 49.1 Å². The molecule has 0 saturated heterocycles. The number of nitrogens with zero attached hydrogens (tertiary/aromatic N) is 4. The molecule has 1 aliphatic heterocycles. The van der Waals surface area contributed by atoms with Crippen LogP contribution in [0.5, 0.6) is 5.88 Å². The number of methoxy groups -OCH3 is 1. The zero-order chi connectivity index (χ0) is 21.3. The molecule has 1 aromatic heterocycles. The summed E-state index contributed by atoms with van der Waals surface area (Å²) in [6.07, 6.45) is 5.39. The Kier molecular flexibility index (Phi) is 5.60. The van der Waals surface area contributed by atoms with Crippen molar-refractivity contribution in [3.8, 4) is 11.9 Å². The predicted molar refractivity (Wildman–Crippen MR) is 113 cm³/mol. The lowest BCUT2D eigenvalue weighted by Crippen LogP contribution is -2.32. The van der Waals surface area contributed by atoms with Crippen molar-refractivity contribution in [2.24, 2.45) is 11.0 Å². The second kappa shape index (κ2) is 8.33. The highest BCUT2D eigenvalue weighted by Gasteiger charge is 2.36. The van der Waals surface area contributed by atoms with E-state index in [1.807, 2.05) is 11.1 Å². The maximum atomic E-state index is 11.4. The van der Waals surface area contributed by atoms with Gasteiger partial charge in [-0.25, -0.2) is 9.78 Å². The molecular formula is C22H21ClN4O3. The van der Waals surface area contributed by atoms with E-state index in [4.69, 9.17) is 26.7 Å². The topological polar surface area (TPSA) is 98.8 Å². The molecule has 1 aliphatic carbocycles. The number of hydrazone groups is 1. The largest absolute Gasteiger partial charge is 0.480 e. The van der Waals surface area contributed by atoms with E-state index < -0.39 is 5.97 Å². The number of anilines is 1. The third-order valence-electron chi connectivity index (χ3n) is 5.81.